The van der Waals surface area contributed by atoms with E-state index in [2.05, 4.69) is 20.2 Å². The molecule has 0 saturated heterocycles. The Balaban J connectivity index is 0.000000244. The van der Waals surface area contributed by atoms with E-state index in [1.54, 1.807) is 26.0 Å². The highest BCUT2D eigenvalue weighted by molar-refractivity contribution is 7.91. The molecule has 4 rings (SSSR count). The van der Waals surface area contributed by atoms with Gasteiger partial charge in [-0.2, -0.15) is 4.68 Å². The van der Waals surface area contributed by atoms with Gasteiger partial charge in [0.1, 0.15) is 6.33 Å². The van der Waals surface area contributed by atoms with Gasteiger partial charge in [-0.3, -0.25) is 0 Å². The largest absolute Gasteiger partial charge is 0.475 e. The number of aromatic nitrogens is 6. The number of halogens is 5. The van der Waals surface area contributed by atoms with Crippen LogP contribution < -0.4 is 0 Å². The summed E-state index contributed by atoms with van der Waals surface area (Å²) in [7, 11) is -3.88. The van der Waals surface area contributed by atoms with Crippen LogP contribution in [0, 0.1) is 20.8 Å². The molecule has 1 N–H and O–H groups in total. The molecule has 4 aromatic rings. The Bertz CT molecular complexity index is 1790. The van der Waals surface area contributed by atoms with Crippen LogP contribution in [0.1, 0.15) is 47.0 Å². The molecule has 2 aromatic heterocycles. The van der Waals surface area contributed by atoms with E-state index in [1.807, 2.05) is 20.8 Å². The van der Waals surface area contributed by atoms with Crippen molar-refractivity contribution in [1.82, 2.24) is 34.4 Å². The first-order valence-corrected chi connectivity index (χ1v) is 16.1. The SMILES string of the molecule is CCN(CC)C(=O)n1cnc(S(=O)(=O)c2c(C)cc(C)cc2C)n1.O=C(O)c1nc(C(Cl)(Cl)Cl)n(-c2ccc(Cl)cc2Cl)n1. The summed E-state index contributed by atoms with van der Waals surface area (Å²) in [5.41, 5.74) is 2.55. The first-order chi connectivity index (χ1) is 20.4. The Hall–Kier alpha value is -2.94. The molecule has 0 unspecified atom stereocenters. The lowest BCUT2D eigenvalue weighted by molar-refractivity contribution is 0.0683. The molecule has 0 spiro atoms. The van der Waals surface area contributed by atoms with Crippen molar-refractivity contribution in [3.8, 4) is 5.69 Å². The third-order valence-electron chi connectivity index (χ3n) is 6.00. The molecule has 0 aliphatic heterocycles. The maximum absolute atomic E-state index is 12.9. The van der Waals surface area contributed by atoms with Crippen LogP contribution in [-0.2, 0) is 13.6 Å². The molecule has 236 valence electrons. The average Bonchev–Trinajstić information content (AvgIpc) is 3.58. The molecule has 0 atom stereocenters. The van der Waals surface area contributed by atoms with Gasteiger partial charge in [0.25, 0.3) is 11.0 Å². The van der Waals surface area contributed by atoms with E-state index in [-0.39, 0.29) is 26.6 Å². The summed E-state index contributed by atoms with van der Waals surface area (Å²) in [4.78, 5) is 32.5. The molecule has 0 aliphatic carbocycles. The van der Waals surface area contributed by atoms with Crippen molar-refractivity contribution in [2.75, 3.05) is 13.1 Å². The number of benzene rings is 2. The number of alkyl halides is 3. The number of rotatable bonds is 6. The van der Waals surface area contributed by atoms with Crippen molar-refractivity contribution in [2.45, 2.75) is 48.5 Å². The van der Waals surface area contributed by atoms with Crippen LogP contribution in [0.5, 0.6) is 0 Å². The Kier molecular flexibility index (Phi) is 11.3. The zero-order valence-electron chi connectivity index (χ0n) is 23.9. The number of aromatic carboxylic acids is 1. The first-order valence-electron chi connectivity index (χ1n) is 12.7. The number of carboxylic acid groups (broad SMARTS) is 1. The molecule has 0 fully saturated rings. The van der Waals surface area contributed by atoms with Crippen LogP contribution in [0.3, 0.4) is 0 Å². The third kappa shape index (κ3) is 7.82. The van der Waals surface area contributed by atoms with Gasteiger partial charge in [0.15, 0.2) is 5.82 Å². The minimum atomic E-state index is -3.88. The highest BCUT2D eigenvalue weighted by Crippen LogP contribution is 2.39. The Morgan fingerprint density at radius 1 is 0.977 bits per heavy atom. The molecule has 2 aromatic carbocycles. The van der Waals surface area contributed by atoms with E-state index in [4.69, 9.17) is 63.1 Å². The number of hydrogen-bond acceptors (Lipinski definition) is 8. The van der Waals surface area contributed by atoms with Crippen molar-refractivity contribution < 1.29 is 23.1 Å². The fourth-order valence-corrected chi connectivity index (χ4v) is 6.58. The summed E-state index contributed by atoms with van der Waals surface area (Å²) in [5.74, 6) is -2.06. The minimum Gasteiger partial charge on any atom is -0.475 e. The maximum atomic E-state index is 12.9. The summed E-state index contributed by atoms with van der Waals surface area (Å²) in [6.07, 6.45) is 1.15. The van der Waals surface area contributed by atoms with Crippen molar-refractivity contribution in [1.29, 1.82) is 0 Å². The second-order valence-electron chi connectivity index (χ2n) is 9.23. The zero-order valence-corrected chi connectivity index (χ0v) is 28.5. The first kappa shape index (κ1) is 35.5. The Labute approximate surface area is 278 Å². The quantitative estimate of drug-likeness (QED) is 0.221. The Morgan fingerprint density at radius 2 is 1.57 bits per heavy atom. The highest BCUT2D eigenvalue weighted by atomic mass is 35.6. The number of carboxylic acids is 1. The lowest BCUT2D eigenvalue weighted by Gasteiger charge is -2.17. The molecule has 0 bridgehead atoms. The van der Waals surface area contributed by atoms with Gasteiger partial charge in [-0.15, -0.1) is 10.2 Å². The van der Waals surface area contributed by atoms with Gasteiger partial charge in [-0.25, -0.2) is 32.7 Å². The van der Waals surface area contributed by atoms with Crippen molar-refractivity contribution >= 4 is 79.8 Å². The predicted molar refractivity (Wildman–Crippen MR) is 167 cm³/mol. The van der Waals surface area contributed by atoms with Crippen LogP contribution in [0.4, 0.5) is 4.79 Å². The normalized spacial score (nSPS) is 11.6. The highest BCUT2D eigenvalue weighted by Gasteiger charge is 2.33. The second-order valence-corrected chi connectivity index (χ2v) is 14.1. The maximum Gasteiger partial charge on any atom is 0.375 e. The van der Waals surface area contributed by atoms with Gasteiger partial charge >= 0.3 is 12.0 Å². The fourth-order valence-electron chi connectivity index (χ4n) is 4.19. The summed E-state index contributed by atoms with van der Waals surface area (Å²) in [6, 6.07) is 7.70. The smallest absolute Gasteiger partial charge is 0.375 e. The number of sulfone groups is 1. The van der Waals surface area contributed by atoms with Crippen LogP contribution in [0.15, 0.2) is 46.7 Å². The topological polar surface area (TPSA) is 153 Å². The second kappa shape index (κ2) is 14.0. The van der Waals surface area contributed by atoms with Gasteiger partial charge in [0.2, 0.25) is 13.6 Å². The molecule has 44 heavy (non-hydrogen) atoms. The molecular formula is C26H26Cl5N7O5S. The molecule has 0 saturated carbocycles. The summed E-state index contributed by atoms with van der Waals surface area (Å²) >= 11 is 29.1. The van der Waals surface area contributed by atoms with Gasteiger partial charge in [-0.1, -0.05) is 75.7 Å². The lowest BCUT2D eigenvalue weighted by atomic mass is 10.1. The number of nitrogens with zero attached hydrogens (tertiary/aromatic N) is 7. The average molecular weight is 726 g/mol. The van der Waals surface area contributed by atoms with E-state index in [0.717, 1.165) is 21.3 Å². The van der Waals surface area contributed by atoms with Crippen molar-refractivity contribution in [3.05, 3.63) is 75.0 Å². The van der Waals surface area contributed by atoms with Crippen molar-refractivity contribution in [2.24, 2.45) is 0 Å². The van der Waals surface area contributed by atoms with Gasteiger partial charge in [0.05, 0.1) is 15.6 Å². The van der Waals surface area contributed by atoms with E-state index >= 15 is 0 Å². The molecule has 18 heteroatoms. The van der Waals surface area contributed by atoms with Gasteiger partial charge in [0, 0.05) is 18.1 Å². The van der Waals surface area contributed by atoms with E-state index in [1.165, 1.54) is 23.1 Å². The molecule has 1 amide bonds. The number of aryl methyl sites for hydroxylation is 3. The van der Waals surface area contributed by atoms with Gasteiger partial charge in [-0.05, 0) is 63.9 Å². The van der Waals surface area contributed by atoms with Crippen LogP contribution in [0.2, 0.25) is 10.0 Å². The molecular weight excluding hydrogens is 700 g/mol. The molecule has 0 aliphatic rings. The zero-order chi connectivity index (χ0) is 33.1. The lowest BCUT2D eigenvalue weighted by Crippen LogP contribution is -2.34. The van der Waals surface area contributed by atoms with E-state index < -0.39 is 31.5 Å². The number of amides is 1. The third-order valence-corrected chi connectivity index (χ3v) is 8.90. The van der Waals surface area contributed by atoms with E-state index in [9.17, 15) is 18.0 Å². The predicted octanol–water partition coefficient (Wildman–Crippen LogP) is 6.45. The summed E-state index contributed by atoms with van der Waals surface area (Å²) in [5, 5.41) is 16.8. The summed E-state index contributed by atoms with van der Waals surface area (Å²) in [6.45, 7) is 10.1. The molecule has 12 nitrogen and oxygen atoms in total. The number of carbonyl (C=O) groups excluding carboxylic acids is 1. The van der Waals surface area contributed by atoms with E-state index in [0.29, 0.717) is 29.2 Å². The monoisotopic (exact) mass is 723 g/mol. The van der Waals surface area contributed by atoms with Crippen LogP contribution in [-0.4, -0.2) is 73.0 Å². The standard InChI is InChI=1S/C16H22N4O3S.C10H4Cl5N3O2/c1-6-19(7-2)16(21)20-10-17-15(18-20)24(22,23)14-12(4)8-11(3)9-13(14)5;11-4-1-2-6(5(12)3-4)18-9(10(13,14)15)16-7(17-18)8(19)20/h8-10H,6-7H2,1-5H3;1-3H,(H,19,20). The molecule has 2 heterocycles. The van der Waals surface area contributed by atoms with Crippen LogP contribution >= 0.6 is 58.0 Å². The number of carbonyl (C=O) groups is 2. The van der Waals surface area contributed by atoms with Gasteiger partial charge < -0.3 is 10.0 Å². The number of hydrogen-bond donors (Lipinski definition) is 1. The summed E-state index contributed by atoms with van der Waals surface area (Å²) < 4.78 is 25.8. The fraction of sp³-hybridized carbons (Fsp3) is 0.308. The Morgan fingerprint density at radius 3 is 2.07 bits per heavy atom. The molecule has 0 radical (unpaired) electrons. The van der Waals surface area contributed by atoms with Crippen LogP contribution in [0.25, 0.3) is 5.69 Å². The van der Waals surface area contributed by atoms with Crippen molar-refractivity contribution in [3.63, 3.8) is 0 Å². The minimum absolute atomic E-state index is 0.191.